The molecule has 6 heteroatoms. The minimum atomic E-state index is -0.0129. The van der Waals surface area contributed by atoms with Crippen LogP contribution in [0.3, 0.4) is 0 Å². The fourth-order valence-corrected chi connectivity index (χ4v) is 2.62. The second-order valence-electron chi connectivity index (χ2n) is 5.25. The van der Waals surface area contributed by atoms with Crippen LogP contribution >= 0.6 is 0 Å². The molecule has 0 aromatic carbocycles. The van der Waals surface area contributed by atoms with Crippen LogP contribution in [0.1, 0.15) is 17.6 Å². The Morgan fingerprint density at radius 2 is 2.24 bits per heavy atom. The third-order valence-corrected chi connectivity index (χ3v) is 3.82. The van der Waals surface area contributed by atoms with E-state index in [2.05, 4.69) is 15.2 Å². The molecule has 1 saturated heterocycles. The van der Waals surface area contributed by atoms with Crippen molar-refractivity contribution in [1.82, 2.24) is 19.8 Å². The highest BCUT2D eigenvalue weighted by molar-refractivity contribution is 5.15. The third kappa shape index (κ3) is 3.53. The zero-order chi connectivity index (χ0) is 14.5. The largest absolute Gasteiger partial charge is 0.467 e. The van der Waals surface area contributed by atoms with Crippen molar-refractivity contribution in [2.24, 2.45) is 7.05 Å². The third-order valence-electron chi connectivity index (χ3n) is 3.82. The van der Waals surface area contributed by atoms with Gasteiger partial charge >= 0.3 is 0 Å². The number of hydrogen-bond donors (Lipinski definition) is 1. The second-order valence-corrected chi connectivity index (χ2v) is 5.25. The van der Waals surface area contributed by atoms with Crippen LogP contribution in [0.5, 0.6) is 0 Å². The lowest BCUT2D eigenvalue weighted by atomic mass is 10.2. The maximum Gasteiger partial charge on any atom is 0.133 e. The monoisotopic (exact) mass is 290 g/mol. The number of nitrogens with one attached hydrogen (secondary N) is 1. The molecule has 1 atom stereocenters. The highest BCUT2D eigenvalue weighted by atomic mass is 16.5. The van der Waals surface area contributed by atoms with E-state index in [9.17, 15) is 0 Å². The molecule has 21 heavy (non-hydrogen) atoms. The highest BCUT2D eigenvalue weighted by Gasteiger charge is 2.20. The number of imidazole rings is 1. The Hall–Kier alpha value is -1.63. The van der Waals surface area contributed by atoms with Gasteiger partial charge in [-0.15, -0.1) is 0 Å². The van der Waals surface area contributed by atoms with Crippen LogP contribution in [0, 0.1) is 0 Å². The lowest BCUT2D eigenvalue weighted by Gasteiger charge is -2.27. The van der Waals surface area contributed by atoms with Crippen molar-refractivity contribution in [2.45, 2.75) is 6.04 Å². The SMILES string of the molecule is Cn1ccnc1C(NCCN1CCOCC1)c1ccco1. The molecule has 3 heterocycles. The van der Waals surface area contributed by atoms with Gasteiger partial charge in [-0.05, 0) is 12.1 Å². The first-order chi connectivity index (χ1) is 10.3. The number of aromatic nitrogens is 2. The number of hydrogen-bond acceptors (Lipinski definition) is 5. The predicted octanol–water partition coefficient (Wildman–Crippen LogP) is 1.02. The molecule has 6 nitrogen and oxygen atoms in total. The van der Waals surface area contributed by atoms with Crippen LogP contribution in [0.15, 0.2) is 35.2 Å². The summed E-state index contributed by atoms with van der Waals surface area (Å²) in [4.78, 5) is 6.86. The van der Waals surface area contributed by atoms with E-state index in [1.807, 2.05) is 36.1 Å². The molecular weight excluding hydrogens is 268 g/mol. The lowest BCUT2D eigenvalue weighted by molar-refractivity contribution is 0.0381. The Kier molecular flexibility index (Phi) is 4.69. The van der Waals surface area contributed by atoms with E-state index in [4.69, 9.17) is 9.15 Å². The number of rotatable bonds is 6. The van der Waals surface area contributed by atoms with Gasteiger partial charge in [0, 0.05) is 45.6 Å². The van der Waals surface area contributed by atoms with Gasteiger partial charge in [-0.25, -0.2) is 4.98 Å². The van der Waals surface area contributed by atoms with Gasteiger partial charge in [-0.2, -0.15) is 0 Å². The maximum atomic E-state index is 5.57. The number of morpholine rings is 1. The number of ether oxygens (including phenoxy) is 1. The zero-order valence-corrected chi connectivity index (χ0v) is 12.4. The topological polar surface area (TPSA) is 55.5 Å². The van der Waals surface area contributed by atoms with E-state index in [0.717, 1.165) is 51.0 Å². The first-order valence-corrected chi connectivity index (χ1v) is 7.38. The van der Waals surface area contributed by atoms with Gasteiger partial charge in [0.25, 0.3) is 0 Å². The molecule has 114 valence electrons. The van der Waals surface area contributed by atoms with Crippen LogP contribution in [0.4, 0.5) is 0 Å². The first-order valence-electron chi connectivity index (χ1n) is 7.38. The molecule has 0 radical (unpaired) electrons. The minimum absolute atomic E-state index is 0.0129. The van der Waals surface area contributed by atoms with Gasteiger partial charge < -0.3 is 13.7 Å². The van der Waals surface area contributed by atoms with Crippen LogP contribution in [0.25, 0.3) is 0 Å². The Morgan fingerprint density at radius 1 is 1.38 bits per heavy atom. The summed E-state index contributed by atoms with van der Waals surface area (Å²) in [6, 6.07) is 3.89. The summed E-state index contributed by atoms with van der Waals surface area (Å²) < 4.78 is 13.0. The van der Waals surface area contributed by atoms with Crippen molar-refractivity contribution in [1.29, 1.82) is 0 Å². The number of aryl methyl sites for hydroxylation is 1. The van der Waals surface area contributed by atoms with Gasteiger partial charge in [0.2, 0.25) is 0 Å². The van der Waals surface area contributed by atoms with E-state index < -0.39 is 0 Å². The maximum absolute atomic E-state index is 5.57. The molecule has 0 amide bonds. The van der Waals surface area contributed by atoms with E-state index in [-0.39, 0.29) is 6.04 Å². The molecule has 1 fully saturated rings. The summed E-state index contributed by atoms with van der Waals surface area (Å²) in [6.45, 7) is 5.58. The zero-order valence-electron chi connectivity index (χ0n) is 12.4. The Bertz CT molecular complexity index is 532. The normalized spacial score (nSPS) is 18.0. The van der Waals surface area contributed by atoms with Crippen molar-refractivity contribution < 1.29 is 9.15 Å². The van der Waals surface area contributed by atoms with Crippen molar-refractivity contribution in [3.63, 3.8) is 0 Å². The second kappa shape index (κ2) is 6.89. The average Bonchev–Trinajstić information content (AvgIpc) is 3.17. The summed E-state index contributed by atoms with van der Waals surface area (Å²) >= 11 is 0. The van der Waals surface area contributed by atoms with Crippen molar-refractivity contribution in [2.75, 3.05) is 39.4 Å². The van der Waals surface area contributed by atoms with Gasteiger partial charge in [-0.3, -0.25) is 10.2 Å². The summed E-state index contributed by atoms with van der Waals surface area (Å²) in [5.41, 5.74) is 0. The Labute approximate surface area is 124 Å². The molecule has 1 aliphatic heterocycles. The fourth-order valence-electron chi connectivity index (χ4n) is 2.62. The van der Waals surface area contributed by atoms with E-state index in [0.29, 0.717) is 0 Å². The van der Waals surface area contributed by atoms with Crippen LogP contribution in [-0.2, 0) is 11.8 Å². The quantitative estimate of drug-likeness (QED) is 0.861. The van der Waals surface area contributed by atoms with Gasteiger partial charge in [0.1, 0.15) is 17.6 Å². The number of furan rings is 1. The standard InChI is InChI=1S/C15H22N4O2/c1-18-6-4-17-15(18)14(13-3-2-10-21-13)16-5-7-19-8-11-20-12-9-19/h2-4,6,10,14,16H,5,7-9,11-12H2,1H3. The first kappa shape index (κ1) is 14.3. The molecular formula is C15H22N4O2. The fraction of sp³-hybridized carbons (Fsp3) is 0.533. The molecule has 0 bridgehead atoms. The molecule has 1 aliphatic rings. The summed E-state index contributed by atoms with van der Waals surface area (Å²) in [6.07, 6.45) is 5.47. The van der Waals surface area contributed by atoms with E-state index >= 15 is 0 Å². The molecule has 3 rings (SSSR count). The van der Waals surface area contributed by atoms with Crippen molar-refractivity contribution in [3.05, 3.63) is 42.4 Å². The Morgan fingerprint density at radius 3 is 2.90 bits per heavy atom. The molecule has 2 aromatic rings. The molecule has 1 unspecified atom stereocenters. The molecule has 1 N–H and O–H groups in total. The smallest absolute Gasteiger partial charge is 0.133 e. The van der Waals surface area contributed by atoms with Crippen molar-refractivity contribution >= 4 is 0 Å². The van der Waals surface area contributed by atoms with E-state index in [1.54, 1.807) is 6.26 Å². The summed E-state index contributed by atoms with van der Waals surface area (Å²) in [7, 11) is 2.00. The van der Waals surface area contributed by atoms with Crippen LogP contribution in [0.2, 0.25) is 0 Å². The lowest BCUT2D eigenvalue weighted by Crippen LogP contribution is -2.41. The van der Waals surface area contributed by atoms with Gasteiger partial charge in [-0.1, -0.05) is 0 Å². The molecule has 0 saturated carbocycles. The van der Waals surface area contributed by atoms with Gasteiger partial charge in [0.15, 0.2) is 0 Å². The Balaban J connectivity index is 1.62. The molecule has 0 spiro atoms. The summed E-state index contributed by atoms with van der Waals surface area (Å²) in [5, 5.41) is 3.55. The minimum Gasteiger partial charge on any atom is -0.467 e. The number of nitrogens with zero attached hydrogens (tertiary/aromatic N) is 3. The van der Waals surface area contributed by atoms with Gasteiger partial charge in [0.05, 0.1) is 19.5 Å². The van der Waals surface area contributed by atoms with Crippen molar-refractivity contribution in [3.8, 4) is 0 Å². The van der Waals surface area contributed by atoms with Crippen LogP contribution in [-0.4, -0.2) is 53.8 Å². The van der Waals surface area contributed by atoms with Crippen LogP contribution < -0.4 is 5.32 Å². The summed E-state index contributed by atoms with van der Waals surface area (Å²) in [5.74, 6) is 1.86. The molecule has 2 aromatic heterocycles. The molecule has 0 aliphatic carbocycles. The highest BCUT2D eigenvalue weighted by Crippen LogP contribution is 2.20. The average molecular weight is 290 g/mol. The van der Waals surface area contributed by atoms with E-state index in [1.165, 1.54) is 0 Å². The predicted molar refractivity (Wildman–Crippen MR) is 79.0 cm³/mol.